The van der Waals surface area contributed by atoms with Crippen molar-refractivity contribution in [1.82, 2.24) is 14.5 Å². The van der Waals surface area contributed by atoms with Gasteiger partial charge in [-0.1, -0.05) is 0 Å². The minimum atomic E-state index is -0.868. The summed E-state index contributed by atoms with van der Waals surface area (Å²) >= 11 is 0. The van der Waals surface area contributed by atoms with Crippen LogP contribution in [0.15, 0.2) is 64.1 Å². The van der Waals surface area contributed by atoms with Crippen molar-refractivity contribution in [3.63, 3.8) is 0 Å². The molecule has 8 heteroatoms. The average molecular weight is 407 g/mol. The minimum absolute atomic E-state index is 0.0443. The van der Waals surface area contributed by atoms with Gasteiger partial charge in [0.15, 0.2) is 0 Å². The average Bonchev–Trinajstić information content (AvgIpc) is 3.27. The highest BCUT2D eigenvalue weighted by Gasteiger charge is 2.15. The quantitative estimate of drug-likeness (QED) is 0.466. The molecule has 7 nitrogen and oxygen atoms in total. The zero-order valence-electron chi connectivity index (χ0n) is 15.9. The third-order valence-electron chi connectivity index (χ3n) is 4.74. The monoisotopic (exact) mass is 407 g/mol. The molecule has 0 saturated carbocycles. The summed E-state index contributed by atoms with van der Waals surface area (Å²) in [5.74, 6) is -0.370. The number of rotatable bonds is 7. The van der Waals surface area contributed by atoms with Crippen molar-refractivity contribution in [3.8, 4) is 17.1 Å². The van der Waals surface area contributed by atoms with E-state index in [0.717, 1.165) is 0 Å². The molecule has 4 aromatic rings. The Hall–Kier alpha value is -3.81. The summed E-state index contributed by atoms with van der Waals surface area (Å²) in [5, 5.41) is 9.26. The Labute approximate surface area is 170 Å². The SMILES string of the molecule is O=C(O)CCCCc1nc2cc(-c3ncco3)ccc2c(=O)n1-c1ccc(F)cc1. The number of hydrogen-bond donors (Lipinski definition) is 1. The van der Waals surface area contributed by atoms with Crippen molar-refractivity contribution in [1.29, 1.82) is 0 Å². The van der Waals surface area contributed by atoms with Crippen molar-refractivity contribution in [2.75, 3.05) is 0 Å². The Kier molecular flexibility index (Phi) is 5.38. The molecule has 0 spiro atoms. The van der Waals surface area contributed by atoms with E-state index in [-0.39, 0.29) is 12.0 Å². The number of hydrogen-bond acceptors (Lipinski definition) is 5. The van der Waals surface area contributed by atoms with Gasteiger partial charge in [-0.15, -0.1) is 0 Å². The van der Waals surface area contributed by atoms with Crippen LogP contribution in [0.25, 0.3) is 28.0 Å². The van der Waals surface area contributed by atoms with E-state index in [2.05, 4.69) is 9.97 Å². The molecule has 0 saturated heterocycles. The van der Waals surface area contributed by atoms with Gasteiger partial charge in [0.2, 0.25) is 5.89 Å². The molecule has 2 aromatic heterocycles. The van der Waals surface area contributed by atoms with Crippen LogP contribution in [0.2, 0.25) is 0 Å². The van der Waals surface area contributed by atoms with Crippen LogP contribution in [-0.4, -0.2) is 25.6 Å². The zero-order chi connectivity index (χ0) is 21.1. The van der Waals surface area contributed by atoms with Crippen LogP contribution in [0.5, 0.6) is 0 Å². The maximum atomic E-state index is 13.4. The fraction of sp³-hybridized carbons (Fsp3) is 0.182. The molecular weight excluding hydrogens is 389 g/mol. The predicted molar refractivity (Wildman–Crippen MR) is 108 cm³/mol. The lowest BCUT2D eigenvalue weighted by Gasteiger charge is -2.14. The van der Waals surface area contributed by atoms with Gasteiger partial charge >= 0.3 is 5.97 Å². The van der Waals surface area contributed by atoms with Gasteiger partial charge in [-0.2, -0.15) is 0 Å². The van der Waals surface area contributed by atoms with Crippen molar-refractivity contribution < 1.29 is 18.7 Å². The lowest BCUT2D eigenvalue weighted by Crippen LogP contribution is -2.24. The maximum Gasteiger partial charge on any atom is 0.303 e. The molecule has 4 rings (SSSR count). The zero-order valence-corrected chi connectivity index (χ0v) is 15.9. The number of oxazole rings is 1. The van der Waals surface area contributed by atoms with Crippen molar-refractivity contribution >= 4 is 16.9 Å². The fourth-order valence-electron chi connectivity index (χ4n) is 3.31. The smallest absolute Gasteiger partial charge is 0.303 e. The van der Waals surface area contributed by atoms with E-state index in [0.29, 0.717) is 53.1 Å². The standard InChI is InChI=1S/C22H18FN3O4/c23-15-6-8-16(9-7-15)26-19(3-1-2-4-20(27)28)25-18-13-14(21-24-11-12-30-21)5-10-17(18)22(26)29/h5-13H,1-4H2,(H,27,28). The topological polar surface area (TPSA) is 98.2 Å². The van der Waals surface area contributed by atoms with Gasteiger partial charge in [-0.25, -0.2) is 14.4 Å². The highest BCUT2D eigenvalue weighted by Crippen LogP contribution is 2.22. The highest BCUT2D eigenvalue weighted by molar-refractivity contribution is 5.82. The van der Waals surface area contributed by atoms with Crippen LogP contribution in [0.4, 0.5) is 4.39 Å². The van der Waals surface area contributed by atoms with E-state index < -0.39 is 11.8 Å². The van der Waals surface area contributed by atoms with E-state index >= 15 is 0 Å². The maximum absolute atomic E-state index is 13.4. The second-order valence-corrected chi connectivity index (χ2v) is 6.82. The van der Waals surface area contributed by atoms with E-state index in [1.165, 1.54) is 41.3 Å². The van der Waals surface area contributed by atoms with Crippen LogP contribution < -0.4 is 5.56 Å². The van der Waals surface area contributed by atoms with Gasteiger partial charge in [0.25, 0.3) is 5.56 Å². The number of carbonyl (C=O) groups is 1. The van der Waals surface area contributed by atoms with Crippen LogP contribution in [0.1, 0.15) is 25.1 Å². The van der Waals surface area contributed by atoms with Gasteiger partial charge in [-0.05, 0) is 55.3 Å². The summed E-state index contributed by atoms with van der Waals surface area (Å²) in [5.41, 5.74) is 1.40. The van der Waals surface area contributed by atoms with E-state index in [1.54, 1.807) is 18.2 Å². The number of carboxylic acids is 1. The normalized spacial score (nSPS) is 11.1. The number of aryl methyl sites for hydroxylation is 1. The first-order chi connectivity index (χ1) is 14.5. The number of unbranched alkanes of at least 4 members (excludes halogenated alkanes) is 1. The minimum Gasteiger partial charge on any atom is -0.481 e. The van der Waals surface area contributed by atoms with Gasteiger partial charge < -0.3 is 9.52 Å². The Morgan fingerprint density at radius 2 is 1.93 bits per heavy atom. The first-order valence-corrected chi connectivity index (χ1v) is 9.46. The number of halogens is 1. The second-order valence-electron chi connectivity index (χ2n) is 6.82. The third kappa shape index (κ3) is 3.98. The Morgan fingerprint density at radius 1 is 1.13 bits per heavy atom. The summed E-state index contributed by atoms with van der Waals surface area (Å²) in [6.07, 6.45) is 4.45. The van der Waals surface area contributed by atoms with Gasteiger partial charge in [0.05, 0.1) is 22.8 Å². The summed E-state index contributed by atoms with van der Waals surface area (Å²) in [6.45, 7) is 0. The molecule has 2 aromatic carbocycles. The fourth-order valence-corrected chi connectivity index (χ4v) is 3.31. The molecular formula is C22H18FN3O4. The Balaban J connectivity index is 1.82. The van der Waals surface area contributed by atoms with E-state index in [4.69, 9.17) is 9.52 Å². The van der Waals surface area contributed by atoms with Crippen LogP contribution >= 0.6 is 0 Å². The first kappa shape index (κ1) is 19.5. The molecule has 0 aliphatic rings. The summed E-state index contributed by atoms with van der Waals surface area (Å²) in [7, 11) is 0. The summed E-state index contributed by atoms with van der Waals surface area (Å²) in [4.78, 5) is 32.9. The van der Waals surface area contributed by atoms with Crippen molar-refractivity contribution in [3.05, 3.63) is 76.9 Å². The number of aromatic nitrogens is 3. The van der Waals surface area contributed by atoms with Crippen molar-refractivity contribution in [2.24, 2.45) is 0 Å². The van der Waals surface area contributed by atoms with Crippen LogP contribution in [0, 0.1) is 5.82 Å². The number of aliphatic carboxylic acids is 1. The molecule has 0 aliphatic heterocycles. The number of carboxylic acid groups (broad SMARTS) is 1. The molecule has 2 heterocycles. The second kappa shape index (κ2) is 8.28. The molecule has 0 aliphatic carbocycles. The molecule has 0 unspecified atom stereocenters. The largest absolute Gasteiger partial charge is 0.481 e. The first-order valence-electron chi connectivity index (χ1n) is 9.46. The molecule has 152 valence electrons. The number of fused-ring (bicyclic) bond motifs is 1. The number of nitrogens with zero attached hydrogens (tertiary/aromatic N) is 3. The van der Waals surface area contributed by atoms with Crippen molar-refractivity contribution in [2.45, 2.75) is 25.7 Å². The van der Waals surface area contributed by atoms with Gasteiger partial charge in [0, 0.05) is 18.4 Å². The Bertz CT molecular complexity index is 1250. The van der Waals surface area contributed by atoms with E-state index in [9.17, 15) is 14.0 Å². The van der Waals surface area contributed by atoms with Crippen LogP contribution in [-0.2, 0) is 11.2 Å². The Morgan fingerprint density at radius 3 is 2.63 bits per heavy atom. The third-order valence-corrected chi connectivity index (χ3v) is 4.74. The predicted octanol–water partition coefficient (Wildman–Crippen LogP) is 3.98. The molecule has 0 amide bonds. The molecule has 0 atom stereocenters. The molecule has 0 radical (unpaired) electrons. The molecule has 1 N–H and O–H groups in total. The molecule has 30 heavy (non-hydrogen) atoms. The highest BCUT2D eigenvalue weighted by atomic mass is 19.1. The van der Waals surface area contributed by atoms with E-state index in [1.807, 2.05) is 0 Å². The number of benzene rings is 2. The van der Waals surface area contributed by atoms with Crippen LogP contribution in [0.3, 0.4) is 0 Å². The van der Waals surface area contributed by atoms with Gasteiger partial charge in [0.1, 0.15) is 17.9 Å². The van der Waals surface area contributed by atoms with Gasteiger partial charge in [-0.3, -0.25) is 14.2 Å². The summed E-state index contributed by atoms with van der Waals surface area (Å²) in [6, 6.07) is 10.7. The molecule has 0 fully saturated rings. The lowest BCUT2D eigenvalue weighted by atomic mass is 10.1. The molecule has 0 bridgehead atoms. The summed E-state index contributed by atoms with van der Waals surface area (Å²) < 4.78 is 20.2. The lowest BCUT2D eigenvalue weighted by molar-refractivity contribution is -0.137.